The molecule has 0 aliphatic carbocycles. The van der Waals surface area contributed by atoms with Crippen molar-refractivity contribution >= 4 is 28.7 Å². The molecule has 0 unspecified atom stereocenters. The molecular formula is C22H23NO7. The van der Waals surface area contributed by atoms with Crippen molar-refractivity contribution in [1.82, 2.24) is 4.98 Å². The second-order valence-corrected chi connectivity index (χ2v) is 6.96. The van der Waals surface area contributed by atoms with Gasteiger partial charge in [-0.05, 0) is 45.4 Å². The number of Topliss-reactive ketones (excluding diaryl/α,β-unsaturated/α-hetero) is 1. The molecule has 2 heterocycles. The van der Waals surface area contributed by atoms with E-state index in [-0.39, 0.29) is 24.5 Å². The second kappa shape index (κ2) is 8.44. The van der Waals surface area contributed by atoms with Crippen LogP contribution < -0.4 is 0 Å². The first-order valence-electron chi connectivity index (χ1n) is 9.52. The Balaban J connectivity index is 1.71. The number of esters is 2. The Kier molecular flexibility index (Phi) is 5.96. The fourth-order valence-corrected chi connectivity index (χ4v) is 3.37. The van der Waals surface area contributed by atoms with Crippen molar-refractivity contribution in [3.63, 3.8) is 0 Å². The largest absolute Gasteiger partial charge is 0.508 e. The standard InChI is InChI=1S/C22H23NO7/c1-5-28-22(27)19-11(2)20(23-12(19)3)21(26)13(4)30-18(25)8-14-10-29-17-9-15(24)6-7-16(14)17/h6-7,9-10,13,23-24H,5,8H2,1-4H3/t13-/m1/s1. The maximum Gasteiger partial charge on any atom is 0.340 e. The molecule has 1 aromatic carbocycles. The molecule has 0 bridgehead atoms. The van der Waals surface area contributed by atoms with E-state index in [1.165, 1.54) is 25.3 Å². The molecule has 8 nitrogen and oxygen atoms in total. The predicted molar refractivity (Wildman–Crippen MR) is 108 cm³/mol. The minimum absolute atomic E-state index is 0.0593. The van der Waals surface area contributed by atoms with Gasteiger partial charge in [0.05, 0.1) is 30.5 Å². The highest BCUT2D eigenvalue weighted by Gasteiger charge is 2.27. The van der Waals surface area contributed by atoms with E-state index in [4.69, 9.17) is 13.9 Å². The van der Waals surface area contributed by atoms with Crippen molar-refractivity contribution in [2.75, 3.05) is 6.61 Å². The van der Waals surface area contributed by atoms with Gasteiger partial charge < -0.3 is 24.0 Å². The molecule has 0 spiro atoms. The van der Waals surface area contributed by atoms with Crippen molar-refractivity contribution < 1.29 is 33.4 Å². The average Bonchev–Trinajstić information content (AvgIpc) is 3.20. The fraction of sp³-hybridized carbons (Fsp3) is 0.318. The lowest BCUT2D eigenvalue weighted by Crippen LogP contribution is -2.26. The summed E-state index contributed by atoms with van der Waals surface area (Å²) in [7, 11) is 0. The molecule has 158 valence electrons. The van der Waals surface area contributed by atoms with Gasteiger partial charge >= 0.3 is 11.9 Å². The summed E-state index contributed by atoms with van der Waals surface area (Å²) in [4.78, 5) is 40.2. The number of nitrogens with one attached hydrogen (secondary N) is 1. The summed E-state index contributed by atoms with van der Waals surface area (Å²) in [5.74, 6) is -1.49. The van der Waals surface area contributed by atoms with E-state index >= 15 is 0 Å². The van der Waals surface area contributed by atoms with Gasteiger partial charge in [0.2, 0.25) is 5.78 Å². The first-order chi connectivity index (χ1) is 14.2. The van der Waals surface area contributed by atoms with E-state index in [9.17, 15) is 19.5 Å². The van der Waals surface area contributed by atoms with Crippen molar-refractivity contribution in [2.24, 2.45) is 0 Å². The van der Waals surface area contributed by atoms with E-state index in [2.05, 4.69) is 4.98 Å². The van der Waals surface area contributed by atoms with Gasteiger partial charge in [-0.3, -0.25) is 9.59 Å². The maximum absolute atomic E-state index is 12.8. The Hall–Kier alpha value is -3.55. The summed E-state index contributed by atoms with van der Waals surface area (Å²) in [6, 6.07) is 4.59. The number of phenols is 1. The molecule has 2 N–H and O–H groups in total. The molecule has 3 aromatic rings. The van der Waals surface area contributed by atoms with Crippen molar-refractivity contribution in [1.29, 1.82) is 0 Å². The molecule has 0 aliphatic rings. The summed E-state index contributed by atoms with van der Waals surface area (Å²) < 4.78 is 15.7. The van der Waals surface area contributed by atoms with Crippen molar-refractivity contribution in [2.45, 2.75) is 40.2 Å². The molecule has 8 heteroatoms. The summed E-state index contributed by atoms with van der Waals surface area (Å²) in [5, 5.41) is 10.2. The van der Waals surface area contributed by atoms with Crippen LogP contribution in [0.15, 0.2) is 28.9 Å². The predicted octanol–water partition coefficient (Wildman–Crippen LogP) is 3.62. The monoisotopic (exact) mass is 413 g/mol. The molecule has 1 atom stereocenters. The molecule has 30 heavy (non-hydrogen) atoms. The molecule has 0 fully saturated rings. The van der Waals surface area contributed by atoms with Gasteiger partial charge in [0.15, 0.2) is 6.10 Å². The topological polar surface area (TPSA) is 119 Å². The SMILES string of the molecule is CCOC(=O)c1c(C)[nH]c(C(=O)[C@@H](C)OC(=O)Cc2coc3cc(O)ccc23)c1C. The zero-order valence-corrected chi connectivity index (χ0v) is 17.2. The Morgan fingerprint density at radius 3 is 2.67 bits per heavy atom. The van der Waals surface area contributed by atoms with E-state index < -0.39 is 23.8 Å². The number of furan rings is 1. The number of carbonyl (C=O) groups excluding carboxylic acids is 3. The third kappa shape index (κ3) is 4.07. The number of hydrogen-bond acceptors (Lipinski definition) is 7. The second-order valence-electron chi connectivity index (χ2n) is 6.96. The number of aromatic amines is 1. The van der Waals surface area contributed by atoms with Gasteiger partial charge in [-0.25, -0.2) is 4.79 Å². The number of phenolic OH excluding ortho intramolecular Hbond substituents is 1. The lowest BCUT2D eigenvalue weighted by molar-refractivity contribution is -0.145. The molecule has 0 radical (unpaired) electrons. The number of aryl methyl sites for hydroxylation is 1. The van der Waals surface area contributed by atoms with Crippen LogP contribution in [-0.2, 0) is 20.7 Å². The molecule has 0 aliphatic heterocycles. The Morgan fingerprint density at radius 2 is 1.97 bits per heavy atom. The lowest BCUT2D eigenvalue weighted by Gasteiger charge is -2.12. The first kappa shape index (κ1) is 21.2. The number of aromatic nitrogens is 1. The summed E-state index contributed by atoms with van der Waals surface area (Å²) in [5.41, 5.74) is 2.53. The molecule has 0 saturated heterocycles. The molecule has 0 amide bonds. The highest BCUT2D eigenvalue weighted by molar-refractivity contribution is 6.04. The summed E-state index contributed by atoms with van der Waals surface area (Å²) >= 11 is 0. The van der Waals surface area contributed by atoms with Crippen LogP contribution in [0.3, 0.4) is 0 Å². The van der Waals surface area contributed by atoms with Gasteiger partial charge in [0.25, 0.3) is 0 Å². The number of rotatable bonds is 7. The first-order valence-corrected chi connectivity index (χ1v) is 9.52. The van der Waals surface area contributed by atoms with Gasteiger partial charge in [0, 0.05) is 22.7 Å². The third-order valence-electron chi connectivity index (χ3n) is 4.81. The summed E-state index contributed by atoms with van der Waals surface area (Å²) in [6.07, 6.45) is 0.278. The Labute approximate surface area is 172 Å². The zero-order valence-electron chi connectivity index (χ0n) is 17.2. The number of carbonyl (C=O) groups is 3. The average molecular weight is 413 g/mol. The third-order valence-corrected chi connectivity index (χ3v) is 4.81. The highest BCUT2D eigenvalue weighted by atomic mass is 16.5. The van der Waals surface area contributed by atoms with E-state index in [0.717, 1.165) is 0 Å². The minimum atomic E-state index is -1.05. The van der Waals surface area contributed by atoms with Crippen LogP contribution in [-0.4, -0.2) is 40.5 Å². The fourth-order valence-electron chi connectivity index (χ4n) is 3.37. The molecule has 3 rings (SSSR count). The van der Waals surface area contributed by atoms with Crippen LogP contribution in [0.25, 0.3) is 11.0 Å². The zero-order chi connectivity index (χ0) is 22.0. The van der Waals surface area contributed by atoms with Crippen LogP contribution in [0.4, 0.5) is 0 Å². The Morgan fingerprint density at radius 1 is 1.23 bits per heavy atom. The number of ether oxygens (including phenoxy) is 2. The van der Waals surface area contributed by atoms with Gasteiger partial charge in [-0.2, -0.15) is 0 Å². The smallest absolute Gasteiger partial charge is 0.340 e. The Bertz CT molecular complexity index is 1120. The molecule has 0 saturated carbocycles. The maximum atomic E-state index is 12.8. The highest BCUT2D eigenvalue weighted by Crippen LogP contribution is 2.26. The molecular weight excluding hydrogens is 390 g/mol. The number of hydrogen-bond donors (Lipinski definition) is 2. The number of H-pyrrole nitrogens is 1. The van der Waals surface area contributed by atoms with E-state index in [1.807, 2.05) is 0 Å². The lowest BCUT2D eigenvalue weighted by atomic mass is 10.1. The quantitative estimate of drug-likeness (QED) is 0.448. The minimum Gasteiger partial charge on any atom is -0.508 e. The van der Waals surface area contributed by atoms with Crippen LogP contribution in [0.5, 0.6) is 5.75 Å². The van der Waals surface area contributed by atoms with Gasteiger partial charge in [-0.1, -0.05) is 0 Å². The normalized spacial score (nSPS) is 12.0. The van der Waals surface area contributed by atoms with Crippen LogP contribution >= 0.6 is 0 Å². The van der Waals surface area contributed by atoms with Gasteiger partial charge in [-0.15, -0.1) is 0 Å². The van der Waals surface area contributed by atoms with Crippen molar-refractivity contribution in [3.05, 3.63) is 52.5 Å². The molecule has 2 aromatic heterocycles. The number of benzene rings is 1. The summed E-state index contributed by atoms with van der Waals surface area (Å²) in [6.45, 7) is 6.72. The van der Waals surface area contributed by atoms with Gasteiger partial charge in [0.1, 0.15) is 11.3 Å². The van der Waals surface area contributed by atoms with Crippen LogP contribution in [0.2, 0.25) is 0 Å². The van der Waals surface area contributed by atoms with E-state index in [0.29, 0.717) is 33.4 Å². The van der Waals surface area contributed by atoms with Crippen LogP contribution in [0, 0.1) is 13.8 Å². The number of fused-ring (bicyclic) bond motifs is 1. The number of ketones is 1. The number of aromatic hydroxyl groups is 1. The van der Waals surface area contributed by atoms with Crippen LogP contribution in [0.1, 0.15) is 51.5 Å². The van der Waals surface area contributed by atoms with Crippen molar-refractivity contribution in [3.8, 4) is 5.75 Å². The van der Waals surface area contributed by atoms with E-state index in [1.54, 1.807) is 26.8 Å².